The first-order valence-electron chi connectivity index (χ1n) is 7.25. The van der Waals surface area contributed by atoms with E-state index in [1.807, 2.05) is 38.4 Å². The number of halogens is 1. The fraction of sp³-hybridized carbons (Fsp3) is 0.333. The molecule has 114 valence electrons. The van der Waals surface area contributed by atoms with Crippen LogP contribution >= 0.6 is 11.6 Å². The highest BCUT2D eigenvalue weighted by molar-refractivity contribution is 6.30. The Balaban J connectivity index is 0.000000211. The van der Waals surface area contributed by atoms with Crippen LogP contribution in [0.15, 0.2) is 48.5 Å². The van der Waals surface area contributed by atoms with Crippen molar-refractivity contribution in [2.24, 2.45) is 0 Å². The monoisotopic (exact) mass is 304 g/mol. The summed E-state index contributed by atoms with van der Waals surface area (Å²) in [5.74, 6) is 0. The molecule has 0 aliphatic carbocycles. The van der Waals surface area contributed by atoms with Crippen LogP contribution in [0.4, 0.5) is 0 Å². The van der Waals surface area contributed by atoms with Crippen LogP contribution in [0.3, 0.4) is 0 Å². The molecule has 3 heteroatoms. The van der Waals surface area contributed by atoms with Crippen LogP contribution in [0.1, 0.15) is 16.7 Å². The average molecular weight is 305 g/mol. The molecule has 0 atom stereocenters. The van der Waals surface area contributed by atoms with E-state index in [1.165, 1.54) is 16.7 Å². The molecule has 0 aromatic heterocycles. The Morgan fingerprint density at radius 3 is 1.90 bits per heavy atom. The third-order valence-electron chi connectivity index (χ3n) is 3.08. The Hall–Kier alpha value is -1.35. The third-order valence-corrected chi connectivity index (χ3v) is 3.33. The van der Waals surface area contributed by atoms with Crippen molar-refractivity contribution in [2.75, 3.05) is 20.6 Å². The van der Waals surface area contributed by atoms with Crippen molar-refractivity contribution in [3.63, 3.8) is 0 Å². The van der Waals surface area contributed by atoms with Gasteiger partial charge in [-0.1, -0.05) is 53.6 Å². The molecule has 2 aromatic rings. The molecule has 0 bridgehead atoms. The Morgan fingerprint density at radius 2 is 1.38 bits per heavy atom. The second kappa shape index (κ2) is 10.4. The average Bonchev–Trinajstić information content (AvgIpc) is 2.50. The topological polar surface area (TPSA) is 24.1 Å². The van der Waals surface area contributed by atoms with Crippen molar-refractivity contribution >= 4 is 11.6 Å². The first kappa shape index (κ1) is 17.7. The summed E-state index contributed by atoms with van der Waals surface area (Å²) in [5.41, 5.74) is 4.00. The molecular weight excluding hydrogens is 280 g/mol. The van der Waals surface area contributed by atoms with Crippen LogP contribution in [0, 0.1) is 6.92 Å². The highest BCUT2D eigenvalue weighted by Crippen LogP contribution is 2.08. The van der Waals surface area contributed by atoms with Crippen molar-refractivity contribution in [1.29, 1.82) is 0 Å². The summed E-state index contributed by atoms with van der Waals surface area (Å²) in [6, 6.07) is 16.5. The number of nitrogens with one attached hydrogen (secondary N) is 2. The van der Waals surface area contributed by atoms with Gasteiger partial charge in [-0.25, -0.2) is 0 Å². The van der Waals surface area contributed by atoms with Crippen LogP contribution in [0.5, 0.6) is 0 Å². The molecule has 0 radical (unpaired) electrons. The van der Waals surface area contributed by atoms with E-state index < -0.39 is 0 Å². The summed E-state index contributed by atoms with van der Waals surface area (Å²) in [6.45, 7) is 4.07. The first-order valence-corrected chi connectivity index (χ1v) is 7.62. The summed E-state index contributed by atoms with van der Waals surface area (Å²) in [6.07, 6.45) is 1.12. The van der Waals surface area contributed by atoms with E-state index in [-0.39, 0.29) is 0 Å². The molecular formula is C18H25ClN2. The van der Waals surface area contributed by atoms with Crippen LogP contribution < -0.4 is 10.6 Å². The molecule has 21 heavy (non-hydrogen) atoms. The molecule has 0 heterocycles. The van der Waals surface area contributed by atoms with Gasteiger partial charge in [0, 0.05) is 11.6 Å². The van der Waals surface area contributed by atoms with Crippen molar-refractivity contribution in [2.45, 2.75) is 19.9 Å². The standard InChI is InChI=1S/C10H15N.C8H10ClN/c1-9-3-5-10(6-4-9)7-8-11-2;1-10-6-7-2-4-8(9)5-3-7/h3-6,11H,7-8H2,1-2H3;2-5,10H,6H2,1H3. The van der Waals surface area contributed by atoms with E-state index >= 15 is 0 Å². The molecule has 2 aromatic carbocycles. The lowest BCUT2D eigenvalue weighted by Crippen LogP contribution is -2.10. The second-order valence-electron chi connectivity index (χ2n) is 5.00. The maximum absolute atomic E-state index is 5.69. The van der Waals surface area contributed by atoms with E-state index in [9.17, 15) is 0 Å². The van der Waals surface area contributed by atoms with Gasteiger partial charge in [-0.2, -0.15) is 0 Å². The van der Waals surface area contributed by atoms with E-state index in [0.717, 1.165) is 24.5 Å². The summed E-state index contributed by atoms with van der Waals surface area (Å²) in [7, 11) is 3.91. The largest absolute Gasteiger partial charge is 0.319 e. The quantitative estimate of drug-likeness (QED) is 0.877. The van der Waals surface area contributed by atoms with Gasteiger partial charge in [-0.05, 0) is 57.2 Å². The van der Waals surface area contributed by atoms with Crippen molar-refractivity contribution in [3.8, 4) is 0 Å². The Labute approximate surface area is 133 Å². The fourth-order valence-corrected chi connectivity index (χ4v) is 1.96. The second-order valence-corrected chi connectivity index (χ2v) is 5.43. The molecule has 0 fully saturated rings. The van der Waals surface area contributed by atoms with Gasteiger partial charge in [0.25, 0.3) is 0 Å². The zero-order chi connectivity index (χ0) is 15.5. The number of rotatable bonds is 5. The summed E-state index contributed by atoms with van der Waals surface area (Å²) >= 11 is 5.69. The van der Waals surface area contributed by atoms with Crippen molar-refractivity contribution in [3.05, 3.63) is 70.2 Å². The Morgan fingerprint density at radius 1 is 0.810 bits per heavy atom. The normalized spacial score (nSPS) is 9.90. The number of aryl methyl sites for hydroxylation is 1. The number of likely N-dealkylation sites (N-methyl/N-ethyl adjacent to an activating group) is 1. The molecule has 0 spiro atoms. The van der Waals surface area contributed by atoms with Gasteiger partial charge < -0.3 is 10.6 Å². The molecule has 0 amide bonds. The van der Waals surface area contributed by atoms with Crippen LogP contribution in [-0.4, -0.2) is 20.6 Å². The van der Waals surface area contributed by atoms with Crippen LogP contribution in [-0.2, 0) is 13.0 Å². The lowest BCUT2D eigenvalue weighted by atomic mass is 10.1. The van der Waals surface area contributed by atoms with Gasteiger partial charge in [0.05, 0.1) is 0 Å². The number of hydrogen-bond donors (Lipinski definition) is 2. The first-order chi connectivity index (χ1) is 10.2. The summed E-state index contributed by atoms with van der Waals surface area (Å²) in [4.78, 5) is 0. The lowest BCUT2D eigenvalue weighted by molar-refractivity contribution is 0.791. The molecule has 2 rings (SSSR count). The Kier molecular flexibility index (Phi) is 8.76. The zero-order valence-electron chi connectivity index (χ0n) is 13.1. The summed E-state index contributed by atoms with van der Waals surface area (Å²) in [5, 5.41) is 6.98. The lowest BCUT2D eigenvalue weighted by Gasteiger charge is -2.00. The van der Waals surface area contributed by atoms with E-state index in [1.54, 1.807) is 0 Å². The minimum absolute atomic E-state index is 0.792. The van der Waals surface area contributed by atoms with Gasteiger partial charge in [0.1, 0.15) is 0 Å². The molecule has 0 aliphatic heterocycles. The van der Waals surface area contributed by atoms with Gasteiger partial charge >= 0.3 is 0 Å². The zero-order valence-corrected chi connectivity index (χ0v) is 13.9. The summed E-state index contributed by atoms with van der Waals surface area (Å²) < 4.78 is 0. The molecule has 0 saturated carbocycles. The maximum Gasteiger partial charge on any atom is 0.0406 e. The highest BCUT2D eigenvalue weighted by atomic mass is 35.5. The van der Waals surface area contributed by atoms with E-state index in [4.69, 9.17) is 11.6 Å². The SMILES string of the molecule is CNCCc1ccc(C)cc1.CNCc1ccc(Cl)cc1. The van der Waals surface area contributed by atoms with Gasteiger partial charge in [0.2, 0.25) is 0 Å². The molecule has 2 N–H and O–H groups in total. The van der Waals surface area contributed by atoms with E-state index in [0.29, 0.717) is 0 Å². The number of benzene rings is 2. The van der Waals surface area contributed by atoms with E-state index in [2.05, 4.69) is 41.8 Å². The third kappa shape index (κ3) is 7.86. The maximum atomic E-state index is 5.69. The molecule has 2 nitrogen and oxygen atoms in total. The smallest absolute Gasteiger partial charge is 0.0406 e. The molecule has 0 saturated heterocycles. The van der Waals surface area contributed by atoms with Crippen molar-refractivity contribution < 1.29 is 0 Å². The van der Waals surface area contributed by atoms with Gasteiger partial charge in [-0.3, -0.25) is 0 Å². The number of hydrogen-bond acceptors (Lipinski definition) is 2. The molecule has 0 unspecified atom stereocenters. The van der Waals surface area contributed by atoms with Gasteiger partial charge in [-0.15, -0.1) is 0 Å². The molecule has 0 aliphatic rings. The fourth-order valence-electron chi connectivity index (χ4n) is 1.83. The predicted molar refractivity (Wildman–Crippen MR) is 93.0 cm³/mol. The predicted octanol–water partition coefficient (Wildman–Crippen LogP) is 3.82. The highest BCUT2D eigenvalue weighted by Gasteiger charge is 1.90. The Bertz CT molecular complexity index is 492. The van der Waals surface area contributed by atoms with Crippen molar-refractivity contribution in [1.82, 2.24) is 10.6 Å². The van der Waals surface area contributed by atoms with Crippen LogP contribution in [0.2, 0.25) is 5.02 Å². The van der Waals surface area contributed by atoms with Gasteiger partial charge in [0.15, 0.2) is 0 Å². The minimum Gasteiger partial charge on any atom is -0.319 e. The minimum atomic E-state index is 0.792. The van der Waals surface area contributed by atoms with Crippen LogP contribution in [0.25, 0.3) is 0 Å².